The van der Waals surface area contributed by atoms with Gasteiger partial charge in [-0.3, -0.25) is 0 Å². The molecule has 1 rings (SSSR count). The van der Waals surface area contributed by atoms with E-state index in [1.54, 1.807) is 0 Å². The third-order valence-corrected chi connectivity index (χ3v) is 2.76. The molecule has 3 heteroatoms. The summed E-state index contributed by atoms with van der Waals surface area (Å²) in [7, 11) is 2.06. The molecule has 0 amide bonds. The summed E-state index contributed by atoms with van der Waals surface area (Å²) in [4.78, 5) is 4.40. The molecular weight excluding hydrogens is 192 g/mol. The number of halogens is 1. The van der Waals surface area contributed by atoms with Crippen molar-refractivity contribution >= 4 is 15.9 Å². The lowest BCUT2D eigenvalue weighted by atomic mass is 10.4. The standard InChI is InChI=1S/C7H13BrN2/c1-3-4-10-6-5-9(2)7(10)8/h5-7H,3-4H2,1-2H3. The van der Waals surface area contributed by atoms with E-state index in [-0.39, 0.29) is 0 Å². The molecular formula is C7H13BrN2. The van der Waals surface area contributed by atoms with Crippen LogP contribution in [0.5, 0.6) is 0 Å². The van der Waals surface area contributed by atoms with Gasteiger partial charge in [0, 0.05) is 26.0 Å². The van der Waals surface area contributed by atoms with E-state index in [1.807, 2.05) is 0 Å². The van der Waals surface area contributed by atoms with E-state index in [0.29, 0.717) is 5.08 Å². The molecule has 0 aliphatic carbocycles. The molecule has 0 aromatic carbocycles. The van der Waals surface area contributed by atoms with E-state index >= 15 is 0 Å². The highest BCUT2D eigenvalue weighted by atomic mass is 79.9. The fraction of sp³-hybridized carbons (Fsp3) is 0.714. The molecule has 0 saturated carbocycles. The third kappa shape index (κ3) is 1.45. The van der Waals surface area contributed by atoms with Crippen LogP contribution in [0.15, 0.2) is 12.4 Å². The summed E-state index contributed by atoms with van der Waals surface area (Å²) < 4.78 is 0. The van der Waals surface area contributed by atoms with Crippen LogP contribution in [0.4, 0.5) is 0 Å². The lowest BCUT2D eigenvalue weighted by Gasteiger charge is -2.24. The second-order valence-electron chi connectivity index (χ2n) is 2.51. The predicted molar refractivity (Wildman–Crippen MR) is 46.6 cm³/mol. The van der Waals surface area contributed by atoms with E-state index in [2.05, 4.69) is 52.1 Å². The fourth-order valence-corrected chi connectivity index (χ4v) is 1.48. The number of nitrogens with zero attached hydrogens (tertiary/aromatic N) is 2. The molecule has 0 N–H and O–H groups in total. The molecule has 2 nitrogen and oxygen atoms in total. The van der Waals surface area contributed by atoms with Crippen molar-refractivity contribution < 1.29 is 0 Å². The summed E-state index contributed by atoms with van der Waals surface area (Å²) in [5.74, 6) is 0. The zero-order valence-electron chi connectivity index (χ0n) is 6.42. The molecule has 0 bridgehead atoms. The van der Waals surface area contributed by atoms with E-state index in [9.17, 15) is 0 Å². The van der Waals surface area contributed by atoms with Gasteiger partial charge in [-0.25, -0.2) is 0 Å². The van der Waals surface area contributed by atoms with Gasteiger partial charge in [-0.2, -0.15) is 0 Å². The maximum atomic E-state index is 3.56. The van der Waals surface area contributed by atoms with Gasteiger partial charge in [0.15, 0.2) is 5.08 Å². The van der Waals surface area contributed by atoms with Gasteiger partial charge < -0.3 is 9.80 Å². The van der Waals surface area contributed by atoms with Crippen molar-refractivity contribution in [1.29, 1.82) is 0 Å². The van der Waals surface area contributed by atoms with Gasteiger partial charge in [0.05, 0.1) is 0 Å². The van der Waals surface area contributed by atoms with Gasteiger partial charge in [-0.1, -0.05) is 6.92 Å². The number of rotatable bonds is 2. The average Bonchev–Trinajstić information content (AvgIpc) is 2.20. The van der Waals surface area contributed by atoms with Crippen LogP contribution in [0.1, 0.15) is 13.3 Å². The molecule has 1 heterocycles. The molecule has 0 aromatic heterocycles. The molecule has 0 fully saturated rings. The molecule has 0 spiro atoms. The molecule has 0 saturated heterocycles. The summed E-state index contributed by atoms with van der Waals surface area (Å²) >= 11 is 3.56. The summed E-state index contributed by atoms with van der Waals surface area (Å²) in [6.45, 7) is 3.31. The van der Waals surface area contributed by atoms with Gasteiger partial charge in [-0.15, -0.1) is 0 Å². The molecule has 10 heavy (non-hydrogen) atoms. The van der Waals surface area contributed by atoms with Crippen molar-refractivity contribution in [2.45, 2.75) is 18.4 Å². The fourth-order valence-electron chi connectivity index (χ4n) is 1.01. The second kappa shape index (κ2) is 3.28. The third-order valence-electron chi connectivity index (χ3n) is 1.58. The second-order valence-corrected chi connectivity index (χ2v) is 3.33. The predicted octanol–water partition coefficient (Wildman–Crippen LogP) is 1.79. The number of alkyl halides is 1. The minimum Gasteiger partial charge on any atom is -0.350 e. The highest BCUT2D eigenvalue weighted by Gasteiger charge is 2.18. The number of hydrogen-bond donors (Lipinski definition) is 0. The van der Waals surface area contributed by atoms with E-state index < -0.39 is 0 Å². The largest absolute Gasteiger partial charge is 0.350 e. The SMILES string of the molecule is CCCN1C=CN(C)C1Br. The van der Waals surface area contributed by atoms with E-state index in [4.69, 9.17) is 0 Å². The van der Waals surface area contributed by atoms with Gasteiger partial charge in [-0.05, 0) is 22.4 Å². The Morgan fingerprint density at radius 1 is 1.50 bits per heavy atom. The maximum absolute atomic E-state index is 3.56. The van der Waals surface area contributed by atoms with Crippen molar-refractivity contribution in [1.82, 2.24) is 9.80 Å². The molecule has 58 valence electrons. The number of hydrogen-bond acceptors (Lipinski definition) is 2. The zero-order chi connectivity index (χ0) is 7.56. The first kappa shape index (κ1) is 7.92. The lowest BCUT2D eigenvalue weighted by molar-refractivity contribution is 0.269. The van der Waals surface area contributed by atoms with E-state index in [1.165, 1.54) is 6.42 Å². The van der Waals surface area contributed by atoms with Crippen LogP contribution in [-0.4, -0.2) is 28.5 Å². The maximum Gasteiger partial charge on any atom is 0.158 e. The van der Waals surface area contributed by atoms with Gasteiger partial charge in [0.25, 0.3) is 0 Å². The quantitative estimate of drug-likeness (QED) is 0.501. The van der Waals surface area contributed by atoms with Crippen molar-refractivity contribution in [3.8, 4) is 0 Å². The van der Waals surface area contributed by atoms with Crippen LogP contribution < -0.4 is 0 Å². The Labute approximate surface area is 70.6 Å². The minimum atomic E-state index is 0.368. The Morgan fingerprint density at radius 3 is 2.60 bits per heavy atom. The summed E-state index contributed by atoms with van der Waals surface area (Å²) in [5.41, 5.74) is 0. The molecule has 1 atom stereocenters. The smallest absolute Gasteiger partial charge is 0.158 e. The molecule has 1 aliphatic rings. The van der Waals surface area contributed by atoms with Crippen molar-refractivity contribution in [3.63, 3.8) is 0 Å². The first-order chi connectivity index (χ1) is 4.75. The Kier molecular flexibility index (Phi) is 2.60. The van der Waals surface area contributed by atoms with Crippen molar-refractivity contribution in [2.75, 3.05) is 13.6 Å². The Morgan fingerprint density at radius 2 is 2.20 bits per heavy atom. The molecule has 0 aromatic rings. The first-order valence-corrected chi connectivity index (χ1v) is 4.47. The Bertz CT molecular complexity index is 136. The molecule has 1 unspecified atom stereocenters. The van der Waals surface area contributed by atoms with Crippen LogP contribution in [0.2, 0.25) is 0 Å². The minimum absolute atomic E-state index is 0.368. The van der Waals surface area contributed by atoms with E-state index in [0.717, 1.165) is 6.54 Å². The van der Waals surface area contributed by atoms with Crippen LogP contribution in [0.3, 0.4) is 0 Å². The highest BCUT2D eigenvalue weighted by molar-refractivity contribution is 9.09. The van der Waals surface area contributed by atoms with Crippen molar-refractivity contribution in [3.05, 3.63) is 12.4 Å². The monoisotopic (exact) mass is 204 g/mol. The molecule has 0 radical (unpaired) electrons. The van der Waals surface area contributed by atoms with Gasteiger partial charge in [0.2, 0.25) is 0 Å². The first-order valence-electron chi connectivity index (χ1n) is 3.55. The van der Waals surface area contributed by atoms with Crippen molar-refractivity contribution in [2.24, 2.45) is 0 Å². The van der Waals surface area contributed by atoms with Crippen LogP contribution in [0.25, 0.3) is 0 Å². The zero-order valence-corrected chi connectivity index (χ0v) is 8.00. The van der Waals surface area contributed by atoms with Gasteiger partial charge in [0.1, 0.15) is 0 Å². The Balaban J connectivity index is 2.41. The summed E-state index contributed by atoms with van der Waals surface area (Å²) in [5, 5.41) is 0.368. The molecule has 1 aliphatic heterocycles. The van der Waals surface area contributed by atoms with Crippen LogP contribution in [0, 0.1) is 0 Å². The topological polar surface area (TPSA) is 6.48 Å². The van der Waals surface area contributed by atoms with Gasteiger partial charge >= 0.3 is 0 Å². The normalized spacial score (nSPS) is 24.5. The lowest BCUT2D eigenvalue weighted by Crippen LogP contribution is -2.31. The summed E-state index contributed by atoms with van der Waals surface area (Å²) in [6, 6.07) is 0. The average molecular weight is 205 g/mol. The summed E-state index contributed by atoms with van der Waals surface area (Å²) in [6.07, 6.45) is 5.39. The Hall–Kier alpha value is -0.180. The van der Waals surface area contributed by atoms with Crippen LogP contribution in [-0.2, 0) is 0 Å². The highest BCUT2D eigenvalue weighted by Crippen LogP contribution is 2.18. The van der Waals surface area contributed by atoms with Crippen LogP contribution >= 0.6 is 15.9 Å².